The molecule has 0 radical (unpaired) electrons. The van der Waals surface area contributed by atoms with E-state index in [0.717, 1.165) is 6.42 Å². The van der Waals surface area contributed by atoms with Gasteiger partial charge in [-0.3, -0.25) is 4.79 Å². The third-order valence-electron chi connectivity index (χ3n) is 2.44. The Labute approximate surface area is 73.3 Å². The molecule has 1 aliphatic carbocycles. The summed E-state index contributed by atoms with van der Waals surface area (Å²) in [4.78, 5) is 10.9. The topological polar surface area (TPSA) is 37.3 Å². The van der Waals surface area contributed by atoms with Crippen LogP contribution in [0.3, 0.4) is 0 Å². The highest BCUT2D eigenvalue weighted by atomic mass is 16.3. The van der Waals surface area contributed by atoms with Gasteiger partial charge in [0.1, 0.15) is 0 Å². The molecule has 1 unspecified atom stereocenters. The van der Waals surface area contributed by atoms with E-state index < -0.39 is 0 Å². The molecular formula is C10H16O2. The average Bonchev–Trinajstić information content (AvgIpc) is 1.92. The number of aliphatic hydroxyl groups excluding tert-OH is 1. The quantitative estimate of drug-likeness (QED) is 0.603. The van der Waals surface area contributed by atoms with Crippen molar-refractivity contribution >= 4 is 5.78 Å². The zero-order valence-corrected chi connectivity index (χ0v) is 7.92. The molecule has 0 heterocycles. The Hall–Kier alpha value is -0.790. The number of aliphatic hydroxyl groups is 1. The van der Waals surface area contributed by atoms with Gasteiger partial charge in [0.25, 0.3) is 0 Å². The molecule has 0 amide bonds. The zero-order chi connectivity index (χ0) is 9.35. The van der Waals surface area contributed by atoms with E-state index in [9.17, 15) is 9.90 Å². The second-order valence-electron chi connectivity index (χ2n) is 4.49. The lowest BCUT2D eigenvalue weighted by Gasteiger charge is -2.30. The minimum Gasteiger partial charge on any atom is -0.505 e. The molecule has 0 fully saturated rings. The number of hydrogen-bond acceptors (Lipinski definition) is 2. The van der Waals surface area contributed by atoms with E-state index >= 15 is 0 Å². The van der Waals surface area contributed by atoms with Crippen molar-refractivity contribution in [3.8, 4) is 0 Å². The van der Waals surface area contributed by atoms with E-state index in [1.165, 1.54) is 0 Å². The van der Waals surface area contributed by atoms with Crippen LogP contribution in [0, 0.1) is 11.3 Å². The van der Waals surface area contributed by atoms with Gasteiger partial charge in [-0.25, -0.2) is 0 Å². The minimum absolute atomic E-state index is 0.0406. The largest absolute Gasteiger partial charge is 0.505 e. The number of allylic oxidation sites excluding steroid dienone is 2. The third kappa shape index (κ3) is 1.87. The zero-order valence-electron chi connectivity index (χ0n) is 7.92. The summed E-state index contributed by atoms with van der Waals surface area (Å²) in [5.41, 5.74) is 0.148. The van der Waals surface area contributed by atoms with Gasteiger partial charge in [-0.05, 0) is 23.8 Å². The molecular weight excluding hydrogens is 152 g/mol. The second kappa shape index (κ2) is 2.92. The van der Waals surface area contributed by atoms with E-state index in [1.807, 2.05) is 0 Å². The Morgan fingerprint density at radius 2 is 2.08 bits per heavy atom. The molecule has 0 aromatic rings. The average molecular weight is 168 g/mol. The number of carbonyl (C=O) groups is 1. The molecule has 0 saturated carbocycles. The SMILES string of the molecule is CC(C)(C)C1C=C(O)C(=O)CC1. The molecule has 1 rings (SSSR count). The van der Waals surface area contributed by atoms with E-state index in [1.54, 1.807) is 6.08 Å². The van der Waals surface area contributed by atoms with Crippen LogP contribution >= 0.6 is 0 Å². The van der Waals surface area contributed by atoms with E-state index in [0.29, 0.717) is 12.3 Å². The molecule has 0 aromatic carbocycles. The predicted molar refractivity (Wildman–Crippen MR) is 47.9 cm³/mol. The summed E-state index contributed by atoms with van der Waals surface area (Å²) >= 11 is 0. The van der Waals surface area contributed by atoms with Gasteiger partial charge in [0.05, 0.1) is 0 Å². The summed E-state index contributed by atoms with van der Waals surface area (Å²) in [6.45, 7) is 6.37. The van der Waals surface area contributed by atoms with Crippen molar-refractivity contribution in [2.75, 3.05) is 0 Å². The molecule has 0 aromatic heterocycles. The lowest BCUT2D eigenvalue weighted by atomic mass is 9.75. The van der Waals surface area contributed by atoms with Crippen LogP contribution < -0.4 is 0 Å². The monoisotopic (exact) mass is 168 g/mol. The Balaban J connectivity index is 2.80. The van der Waals surface area contributed by atoms with Crippen LogP contribution in [0.15, 0.2) is 11.8 Å². The maximum Gasteiger partial charge on any atom is 0.196 e. The van der Waals surface area contributed by atoms with Gasteiger partial charge in [-0.1, -0.05) is 20.8 Å². The first-order valence-electron chi connectivity index (χ1n) is 4.35. The third-order valence-corrected chi connectivity index (χ3v) is 2.44. The van der Waals surface area contributed by atoms with Crippen LogP contribution in [0.4, 0.5) is 0 Å². The number of hydrogen-bond donors (Lipinski definition) is 1. The maximum absolute atomic E-state index is 10.9. The van der Waals surface area contributed by atoms with Gasteiger partial charge in [0.2, 0.25) is 0 Å². The van der Waals surface area contributed by atoms with E-state index in [-0.39, 0.29) is 17.0 Å². The maximum atomic E-state index is 10.9. The summed E-state index contributed by atoms with van der Waals surface area (Å²) in [5.74, 6) is 0.173. The second-order valence-corrected chi connectivity index (χ2v) is 4.49. The number of carbonyl (C=O) groups excluding carboxylic acids is 1. The van der Waals surface area contributed by atoms with Crippen molar-refractivity contribution in [2.24, 2.45) is 11.3 Å². The summed E-state index contributed by atoms with van der Waals surface area (Å²) < 4.78 is 0. The van der Waals surface area contributed by atoms with Crippen molar-refractivity contribution in [1.82, 2.24) is 0 Å². The molecule has 0 spiro atoms. The fourth-order valence-corrected chi connectivity index (χ4v) is 1.46. The van der Waals surface area contributed by atoms with Crippen LogP contribution in [0.5, 0.6) is 0 Å². The predicted octanol–water partition coefficient (Wildman–Crippen LogP) is 2.45. The highest BCUT2D eigenvalue weighted by molar-refractivity contribution is 5.93. The molecule has 1 aliphatic rings. The van der Waals surface area contributed by atoms with Crippen LogP contribution in [-0.2, 0) is 4.79 Å². The molecule has 1 N–H and O–H groups in total. The van der Waals surface area contributed by atoms with Crippen LogP contribution in [-0.4, -0.2) is 10.9 Å². The molecule has 2 heteroatoms. The van der Waals surface area contributed by atoms with Crippen molar-refractivity contribution in [1.29, 1.82) is 0 Å². The van der Waals surface area contributed by atoms with Crippen molar-refractivity contribution < 1.29 is 9.90 Å². The first kappa shape index (κ1) is 9.30. The van der Waals surface area contributed by atoms with E-state index in [2.05, 4.69) is 20.8 Å². The standard InChI is InChI=1S/C10H16O2/c1-10(2,3)7-4-5-8(11)9(12)6-7/h6-7,12H,4-5H2,1-3H3. The molecule has 2 nitrogen and oxygen atoms in total. The Morgan fingerprint density at radius 1 is 1.50 bits per heavy atom. The summed E-state index contributed by atoms with van der Waals surface area (Å²) in [6.07, 6.45) is 3.06. The van der Waals surface area contributed by atoms with E-state index in [4.69, 9.17) is 0 Å². The van der Waals surface area contributed by atoms with Gasteiger partial charge < -0.3 is 5.11 Å². The van der Waals surface area contributed by atoms with Crippen molar-refractivity contribution in [3.63, 3.8) is 0 Å². The Morgan fingerprint density at radius 3 is 2.50 bits per heavy atom. The fraction of sp³-hybridized carbons (Fsp3) is 0.700. The van der Waals surface area contributed by atoms with Crippen LogP contribution in [0.1, 0.15) is 33.6 Å². The fourth-order valence-electron chi connectivity index (χ4n) is 1.46. The molecule has 68 valence electrons. The van der Waals surface area contributed by atoms with Gasteiger partial charge in [0.15, 0.2) is 11.5 Å². The number of Topliss-reactive ketones (excluding diaryl/α,β-unsaturated/α-hetero) is 1. The summed E-state index contributed by atoms with van der Waals surface area (Å²) in [5, 5.41) is 9.22. The molecule has 12 heavy (non-hydrogen) atoms. The normalized spacial score (nSPS) is 25.4. The summed E-state index contributed by atoms with van der Waals surface area (Å²) in [7, 11) is 0. The van der Waals surface area contributed by atoms with Crippen LogP contribution in [0.2, 0.25) is 0 Å². The first-order valence-corrected chi connectivity index (χ1v) is 4.35. The minimum atomic E-state index is -0.115. The van der Waals surface area contributed by atoms with Gasteiger partial charge >= 0.3 is 0 Å². The molecule has 1 atom stereocenters. The highest BCUT2D eigenvalue weighted by Gasteiger charge is 2.28. The Bertz CT molecular complexity index is 220. The van der Waals surface area contributed by atoms with Gasteiger partial charge in [-0.15, -0.1) is 0 Å². The number of rotatable bonds is 0. The molecule has 0 bridgehead atoms. The highest BCUT2D eigenvalue weighted by Crippen LogP contribution is 2.34. The van der Waals surface area contributed by atoms with Crippen molar-refractivity contribution in [3.05, 3.63) is 11.8 Å². The van der Waals surface area contributed by atoms with Crippen molar-refractivity contribution in [2.45, 2.75) is 33.6 Å². The Kier molecular flexibility index (Phi) is 2.27. The smallest absolute Gasteiger partial charge is 0.196 e. The molecule has 0 saturated heterocycles. The molecule has 0 aliphatic heterocycles. The number of ketones is 1. The first-order chi connectivity index (χ1) is 5.41. The van der Waals surface area contributed by atoms with Gasteiger partial charge in [-0.2, -0.15) is 0 Å². The summed E-state index contributed by atoms with van der Waals surface area (Å²) in [6, 6.07) is 0. The lowest BCUT2D eigenvalue weighted by Crippen LogP contribution is -2.24. The van der Waals surface area contributed by atoms with Gasteiger partial charge in [0, 0.05) is 6.42 Å². The van der Waals surface area contributed by atoms with Crippen LogP contribution in [0.25, 0.3) is 0 Å². The lowest BCUT2D eigenvalue weighted by molar-refractivity contribution is -0.119.